The number of fused-ring (bicyclic) bond motifs is 1. The van der Waals surface area contributed by atoms with Crippen molar-refractivity contribution in [2.24, 2.45) is 0 Å². The van der Waals surface area contributed by atoms with Crippen molar-refractivity contribution in [3.8, 4) is 0 Å². The van der Waals surface area contributed by atoms with E-state index in [0.717, 1.165) is 17.9 Å². The molecule has 0 amide bonds. The monoisotopic (exact) mass is 323 g/mol. The van der Waals surface area contributed by atoms with Crippen LogP contribution in [-0.4, -0.2) is 21.5 Å². The van der Waals surface area contributed by atoms with Crippen molar-refractivity contribution < 1.29 is 5.11 Å². The first kappa shape index (κ1) is 16.7. The van der Waals surface area contributed by atoms with Crippen LogP contribution in [0.15, 0.2) is 42.5 Å². The zero-order chi connectivity index (χ0) is 17.1. The summed E-state index contributed by atoms with van der Waals surface area (Å²) < 4.78 is 1.88. The van der Waals surface area contributed by atoms with Gasteiger partial charge in [0.2, 0.25) is 0 Å². The summed E-state index contributed by atoms with van der Waals surface area (Å²) in [6.07, 6.45) is 0. The van der Waals surface area contributed by atoms with Crippen LogP contribution < -0.4 is 5.32 Å². The molecule has 126 valence electrons. The highest BCUT2D eigenvalue weighted by Crippen LogP contribution is 2.24. The van der Waals surface area contributed by atoms with E-state index in [-0.39, 0.29) is 12.6 Å². The minimum absolute atomic E-state index is 0.112. The molecule has 0 aliphatic heterocycles. The lowest BCUT2D eigenvalue weighted by atomic mass is 9.99. The molecular weight excluding hydrogens is 298 g/mol. The molecule has 3 aromatic rings. The third-order valence-corrected chi connectivity index (χ3v) is 4.72. The fourth-order valence-electron chi connectivity index (χ4n) is 3.30. The summed E-state index contributed by atoms with van der Waals surface area (Å²) in [6.45, 7) is 7.72. The maximum absolute atomic E-state index is 9.14. The Morgan fingerprint density at radius 1 is 1.12 bits per heavy atom. The zero-order valence-electron chi connectivity index (χ0n) is 14.6. The number of hydrogen-bond donors (Lipinski definition) is 2. The van der Waals surface area contributed by atoms with Gasteiger partial charge in [0.25, 0.3) is 0 Å². The maximum atomic E-state index is 9.14. The summed E-state index contributed by atoms with van der Waals surface area (Å²) in [5.74, 6) is 0. The van der Waals surface area contributed by atoms with Gasteiger partial charge in [0.15, 0.2) is 0 Å². The Bertz CT molecular complexity index is 833. The molecule has 0 radical (unpaired) electrons. The SMILES string of the molecule is Cc1nn(CCO)c(C)c1CNC(C)c1cccc2ccccc12. The highest BCUT2D eigenvalue weighted by atomic mass is 16.3. The Morgan fingerprint density at radius 2 is 1.88 bits per heavy atom. The number of nitrogens with zero attached hydrogens (tertiary/aromatic N) is 2. The average molecular weight is 323 g/mol. The standard InChI is InChI=1S/C20H25N3O/c1-14(18-10-6-8-17-7-4-5-9-19(17)18)21-13-20-15(2)22-23(11-12-24)16(20)3/h4-10,14,21,24H,11-13H2,1-3H3. The summed E-state index contributed by atoms with van der Waals surface area (Å²) in [5.41, 5.74) is 4.68. The molecule has 1 aromatic heterocycles. The fraction of sp³-hybridized carbons (Fsp3) is 0.350. The molecule has 4 nitrogen and oxygen atoms in total. The van der Waals surface area contributed by atoms with E-state index in [0.29, 0.717) is 6.54 Å². The first-order valence-electron chi connectivity index (χ1n) is 8.46. The van der Waals surface area contributed by atoms with Gasteiger partial charge < -0.3 is 10.4 Å². The molecule has 4 heteroatoms. The molecule has 2 N–H and O–H groups in total. The average Bonchev–Trinajstić information content (AvgIpc) is 2.86. The summed E-state index contributed by atoms with van der Waals surface area (Å²) in [6, 6.07) is 15.2. The number of benzene rings is 2. The number of hydrogen-bond acceptors (Lipinski definition) is 3. The Kier molecular flexibility index (Phi) is 4.97. The molecule has 0 saturated carbocycles. The van der Waals surface area contributed by atoms with Gasteiger partial charge in [0, 0.05) is 23.8 Å². The van der Waals surface area contributed by atoms with Crippen molar-refractivity contribution in [1.29, 1.82) is 0 Å². The lowest BCUT2D eigenvalue weighted by Crippen LogP contribution is -2.19. The van der Waals surface area contributed by atoms with Crippen LogP contribution in [0.4, 0.5) is 0 Å². The van der Waals surface area contributed by atoms with Gasteiger partial charge in [0.05, 0.1) is 18.8 Å². The van der Waals surface area contributed by atoms with E-state index in [9.17, 15) is 0 Å². The second kappa shape index (κ2) is 7.16. The summed E-state index contributed by atoms with van der Waals surface area (Å²) in [5, 5.41) is 19.8. The molecule has 0 aliphatic carbocycles. The molecule has 24 heavy (non-hydrogen) atoms. The smallest absolute Gasteiger partial charge is 0.0644 e. The first-order valence-corrected chi connectivity index (χ1v) is 8.46. The molecule has 0 fully saturated rings. The number of aryl methyl sites for hydroxylation is 1. The molecule has 1 unspecified atom stereocenters. The normalized spacial score (nSPS) is 12.7. The molecule has 1 atom stereocenters. The Hall–Kier alpha value is -2.17. The van der Waals surface area contributed by atoms with Crippen LogP contribution in [0.2, 0.25) is 0 Å². The number of nitrogens with one attached hydrogen (secondary N) is 1. The molecule has 0 spiro atoms. The number of aliphatic hydroxyl groups is 1. The third kappa shape index (κ3) is 3.21. The van der Waals surface area contributed by atoms with Gasteiger partial charge in [0.1, 0.15) is 0 Å². The highest BCUT2D eigenvalue weighted by Gasteiger charge is 2.14. The van der Waals surface area contributed by atoms with Crippen LogP contribution >= 0.6 is 0 Å². The second-order valence-electron chi connectivity index (χ2n) is 6.27. The first-order chi connectivity index (χ1) is 11.6. The number of aromatic nitrogens is 2. The predicted octanol–water partition coefficient (Wildman–Crippen LogP) is 3.50. The van der Waals surface area contributed by atoms with E-state index < -0.39 is 0 Å². The predicted molar refractivity (Wildman–Crippen MR) is 98.0 cm³/mol. The molecule has 2 aromatic carbocycles. The largest absolute Gasteiger partial charge is 0.394 e. The molecule has 3 rings (SSSR count). The van der Waals surface area contributed by atoms with Gasteiger partial charge in [-0.15, -0.1) is 0 Å². The van der Waals surface area contributed by atoms with Crippen LogP contribution in [0, 0.1) is 13.8 Å². The second-order valence-corrected chi connectivity index (χ2v) is 6.27. The molecule has 1 heterocycles. The lowest BCUT2D eigenvalue weighted by molar-refractivity contribution is 0.267. The number of aliphatic hydroxyl groups excluding tert-OH is 1. The van der Waals surface area contributed by atoms with Crippen LogP contribution in [-0.2, 0) is 13.1 Å². The van der Waals surface area contributed by atoms with Gasteiger partial charge in [-0.1, -0.05) is 42.5 Å². The van der Waals surface area contributed by atoms with Gasteiger partial charge in [-0.3, -0.25) is 4.68 Å². The van der Waals surface area contributed by atoms with Crippen LogP contribution in [0.3, 0.4) is 0 Å². The van der Waals surface area contributed by atoms with Crippen molar-refractivity contribution in [1.82, 2.24) is 15.1 Å². The van der Waals surface area contributed by atoms with Crippen LogP contribution in [0.5, 0.6) is 0 Å². The summed E-state index contributed by atoms with van der Waals surface area (Å²) >= 11 is 0. The van der Waals surface area contributed by atoms with Crippen molar-refractivity contribution in [2.45, 2.75) is 39.9 Å². The maximum Gasteiger partial charge on any atom is 0.0644 e. The van der Waals surface area contributed by atoms with Gasteiger partial charge in [-0.2, -0.15) is 5.10 Å². The van der Waals surface area contributed by atoms with E-state index in [1.807, 2.05) is 11.6 Å². The Balaban J connectivity index is 1.79. The molecular formula is C20H25N3O. The van der Waals surface area contributed by atoms with E-state index >= 15 is 0 Å². The topological polar surface area (TPSA) is 50.1 Å². The van der Waals surface area contributed by atoms with Crippen molar-refractivity contribution in [3.05, 3.63) is 65.0 Å². The minimum Gasteiger partial charge on any atom is -0.394 e. The van der Waals surface area contributed by atoms with E-state index in [2.05, 4.69) is 66.7 Å². The summed E-state index contributed by atoms with van der Waals surface area (Å²) in [7, 11) is 0. The van der Waals surface area contributed by atoms with Crippen molar-refractivity contribution in [2.75, 3.05) is 6.61 Å². The van der Waals surface area contributed by atoms with Gasteiger partial charge in [-0.05, 0) is 37.1 Å². The van der Waals surface area contributed by atoms with Gasteiger partial charge in [-0.25, -0.2) is 0 Å². The van der Waals surface area contributed by atoms with E-state index in [1.54, 1.807) is 0 Å². The number of rotatable bonds is 6. The van der Waals surface area contributed by atoms with E-state index in [1.165, 1.54) is 21.9 Å². The van der Waals surface area contributed by atoms with Gasteiger partial charge >= 0.3 is 0 Å². The molecule has 0 saturated heterocycles. The van der Waals surface area contributed by atoms with Crippen molar-refractivity contribution >= 4 is 10.8 Å². The summed E-state index contributed by atoms with van der Waals surface area (Å²) in [4.78, 5) is 0. The molecule has 0 bridgehead atoms. The van der Waals surface area contributed by atoms with Crippen LogP contribution in [0.25, 0.3) is 10.8 Å². The van der Waals surface area contributed by atoms with E-state index in [4.69, 9.17) is 5.11 Å². The van der Waals surface area contributed by atoms with Crippen LogP contribution in [0.1, 0.15) is 35.5 Å². The van der Waals surface area contributed by atoms with Crippen molar-refractivity contribution in [3.63, 3.8) is 0 Å². The lowest BCUT2D eigenvalue weighted by Gasteiger charge is -2.17. The minimum atomic E-state index is 0.112. The Morgan fingerprint density at radius 3 is 2.67 bits per heavy atom. The molecule has 0 aliphatic rings. The fourth-order valence-corrected chi connectivity index (χ4v) is 3.30. The highest BCUT2D eigenvalue weighted by molar-refractivity contribution is 5.86. The quantitative estimate of drug-likeness (QED) is 0.730. The Labute approximate surface area is 143 Å². The zero-order valence-corrected chi connectivity index (χ0v) is 14.6. The third-order valence-electron chi connectivity index (χ3n) is 4.72.